The average Bonchev–Trinajstić information content (AvgIpc) is 2.50. The Morgan fingerprint density at radius 1 is 1.71 bits per heavy atom. The quantitative estimate of drug-likeness (QED) is 0.710. The molecule has 1 aliphatic heterocycles. The van der Waals surface area contributed by atoms with Gasteiger partial charge < -0.3 is 14.7 Å². The van der Waals surface area contributed by atoms with Crippen molar-refractivity contribution in [1.29, 1.82) is 0 Å². The maximum atomic E-state index is 10.7. The Kier molecular flexibility index (Phi) is 4.35. The monoisotopic (exact) mass is 201 g/mol. The zero-order chi connectivity index (χ0) is 10.6. The standard InChI is InChI=1S/C10H19NO3/c1-11-4-3-8(6-11)9(7-14-2)5-10(12)13/h8-9H,3-7H2,1-2H3,(H,12,13). The highest BCUT2D eigenvalue weighted by Crippen LogP contribution is 2.25. The molecule has 14 heavy (non-hydrogen) atoms. The molecule has 4 heteroatoms. The van der Waals surface area contributed by atoms with Gasteiger partial charge in [-0.25, -0.2) is 0 Å². The van der Waals surface area contributed by atoms with Gasteiger partial charge in [0.25, 0.3) is 0 Å². The van der Waals surface area contributed by atoms with Gasteiger partial charge in [0.15, 0.2) is 0 Å². The molecule has 0 amide bonds. The van der Waals surface area contributed by atoms with Gasteiger partial charge in [-0.3, -0.25) is 4.79 Å². The third-order valence-electron chi connectivity index (χ3n) is 2.91. The molecule has 1 saturated heterocycles. The van der Waals surface area contributed by atoms with E-state index in [1.54, 1.807) is 7.11 Å². The molecule has 1 heterocycles. The van der Waals surface area contributed by atoms with E-state index >= 15 is 0 Å². The number of rotatable bonds is 5. The van der Waals surface area contributed by atoms with Crippen molar-refractivity contribution in [2.75, 3.05) is 33.9 Å². The first-order chi connectivity index (χ1) is 6.63. The fourth-order valence-corrected chi connectivity index (χ4v) is 2.15. The lowest BCUT2D eigenvalue weighted by Gasteiger charge is -2.20. The Morgan fingerprint density at radius 2 is 2.43 bits per heavy atom. The lowest BCUT2D eigenvalue weighted by Crippen LogP contribution is -2.25. The summed E-state index contributed by atoms with van der Waals surface area (Å²) in [4.78, 5) is 12.9. The Morgan fingerprint density at radius 3 is 2.86 bits per heavy atom. The SMILES string of the molecule is COCC(CC(=O)O)C1CCN(C)C1. The van der Waals surface area contributed by atoms with Crippen LogP contribution in [-0.4, -0.2) is 49.8 Å². The first-order valence-electron chi connectivity index (χ1n) is 5.02. The van der Waals surface area contributed by atoms with E-state index in [-0.39, 0.29) is 12.3 Å². The largest absolute Gasteiger partial charge is 0.481 e. The van der Waals surface area contributed by atoms with Crippen molar-refractivity contribution in [2.24, 2.45) is 11.8 Å². The van der Waals surface area contributed by atoms with E-state index in [4.69, 9.17) is 9.84 Å². The maximum Gasteiger partial charge on any atom is 0.303 e. The van der Waals surface area contributed by atoms with E-state index in [0.717, 1.165) is 19.5 Å². The smallest absolute Gasteiger partial charge is 0.303 e. The van der Waals surface area contributed by atoms with E-state index in [1.807, 2.05) is 0 Å². The number of carbonyl (C=O) groups is 1. The second-order valence-electron chi connectivity index (χ2n) is 4.12. The van der Waals surface area contributed by atoms with Gasteiger partial charge in [0.05, 0.1) is 6.42 Å². The number of hydrogen-bond acceptors (Lipinski definition) is 3. The summed E-state index contributed by atoms with van der Waals surface area (Å²) >= 11 is 0. The Bertz CT molecular complexity index is 196. The zero-order valence-corrected chi connectivity index (χ0v) is 8.90. The third-order valence-corrected chi connectivity index (χ3v) is 2.91. The van der Waals surface area contributed by atoms with Gasteiger partial charge in [-0.2, -0.15) is 0 Å². The van der Waals surface area contributed by atoms with Crippen molar-refractivity contribution >= 4 is 5.97 Å². The molecule has 0 radical (unpaired) electrons. The van der Waals surface area contributed by atoms with E-state index in [2.05, 4.69) is 11.9 Å². The minimum absolute atomic E-state index is 0.169. The molecule has 1 fully saturated rings. The van der Waals surface area contributed by atoms with Crippen LogP contribution in [0.5, 0.6) is 0 Å². The lowest BCUT2D eigenvalue weighted by molar-refractivity contribution is -0.139. The molecular weight excluding hydrogens is 182 g/mol. The van der Waals surface area contributed by atoms with Gasteiger partial charge in [-0.1, -0.05) is 0 Å². The summed E-state index contributed by atoms with van der Waals surface area (Å²) in [7, 11) is 3.71. The Hall–Kier alpha value is -0.610. The second kappa shape index (κ2) is 5.32. The first-order valence-corrected chi connectivity index (χ1v) is 5.02. The summed E-state index contributed by atoms with van der Waals surface area (Å²) in [6, 6.07) is 0. The minimum Gasteiger partial charge on any atom is -0.481 e. The topological polar surface area (TPSA) is 49.8 Å². The molecule has 0 spiro atoms. The lowest BCUT2D eigenvalue weighted by atomic mass is 9.89. The molecular formula is C10H19NO3. The van der Waals surface area contributed by atoms with E-state index in [9.17, 15) is 4.79 Å². The van der Waals surface area contributed by atoms with Crippen molar-refractivity contribution in [3.63, 3.8) is 0 Å². The van der Waals surface area contributed by atoms with Crippen LogP contribution in [0, 0.1) is 11.8 Å². The predicted octanol–water partition coefficient (Wildman–Crippen LogP) is 0.675. The fraction of sp³-hybridized carbons (Fsp3) is 0.900. The highest BCUT2D eigenvalue weighted by Gasteiger charge is 2.29. The van der Waals surface area contributed by atoms with Gasteiger partial charge in [-0.05, 0) is 31.8 Å². The first kappa shape index (κ1) is 11.5. The van der Waals surface area contributed by atoms with Crippen LogP contribution in [0.1, 0.15) is 12.8 Å². The van der Waals surface area contributed by atoms with Crippen LogP contribution < -0.4 is 0 Å². The number of hydrogen-bond donors (Lipinski definition) is 1. The summed E-state index contributed by atoms with van der Waals surface area (Å²) in [5.41, 5.74) is 0. The summed E-state index contributed by atoms with van der Waals surface area (Å²) < 4.78 is 5.07. The van der Waals surface area contributed by atoms with Crippen LogP contribution in [0.2, 0.25) is 0 Å². The molecule has 0 bridgehead atoms. The third kappa shape index (κ3) is 3.27. The molecule has 2 unspecified atom stereocenters. The van der Waals surface area contributed by atoms with Crippen LogP contribution in [0.15, 0.2) is 0 Å². The van der Waals surface area contributed by atoms with Crippen molar-refractivity contribution in [2.45, 2.75) is 12.8 Å². The highest BCUT2D eigenvalue weighted by atomic mass is 16.5. The summed E-state index contributed by atoms with van der Waals surface area (Å²) in [6.45, 7) is 2.64. The molecule has 2 atom stereocenters. The molecule has 1 N–H and O–H groups in total. The van der Waals surface area contributed by atoms with Gasteiger partial charge >= 0.3 is 5.97 Å². The number of ether oxygens (including phenoxy) is 1. The number of carboxylic acids is 1. The normalized spacial score (nSPS) is 25.1. The van der Waals surface area contributed by atoms with Gasteiger partial charge in [0.1, 0.15) is 0 Å². The van der Waals surface area contributed by atoms with Gasteiger partial charge in [0.2, 0.25) is 0 Å². The van der Waals surface area contributed by atoms with Gasteiger partial charge in [0, 0.05) is 20.3 Å². The van der Waals surface area contributed by atoms with Crippen LogP contribution in [0.25, 0.3) is 0 Å². The number of aliphatic carboxylic acids is 1. The van der Waals surface area contributed by atoms with Crippen LogP contribution in [0.3, 0.4) is 0 Å². The second-order valence-corrected chi connectivity index (χ2v) is 4.12. The summed E-state index contributed by atoms with van der Waals surface area (Å²) in [5, 5.41) is 8.77. The molecule has 0 aromatic rings. The summed E-state index contributed by atoms with van der Waals surface area (Å²) in [5.74, 6) is -0.0693. The molecule has 1 aliphatic rings. The molecule has 0 aromatic heterocycles. The molecule has 82 valence electrons. The minimum atomic E-state index is -0.721. The Labute approximate surface area is 84.8 Å². The van der Waals surface area contributed by atoms with Crippen molar-refractivity contribution in [1.82, 2.24) is 4.90 Å². The highest BCUT2D eigenvalue weighted by molar-refractivity contribution is 5.67. The fourth-order valence-electron chi connectivity index (χ4n) is 2.15. The zero-order valence-electron chi connectivity index (χ0n) is 8.90. The molecule has 4 nitrogen and oxygen atoms in total. The molecule has 0 saturated carbocycles. The number of likely N-dealkylation sites (tertiary alicyclic amines) is 1. The van der Waals surface area contributed by atoms with E-state index in [1.165, 1.54) is 0 Å². The van der Waals surface area contributed by atoms with Gasteiger partial charge in [-0.15, -0.1) is 0 Å². The van der Waals surface area contributed by atoms with E-state index < -0.39 is 5.97 Å². The number of nitrogens with zero attached hydrogens (tertiary/aromatic N) is 1. The van der Waals surface area contributed by atoms with Crippen molar-refractivity contribution < 1.29 is 14.6 Å². The molecule has 1 rings (SSSR count). The maximum absolute atomic E-state index is 10.7. The average molecular weight is 201 g/mol. The number of methoxy groups -OCH3 is 1. The van der Waals surface area contributed by atoms with Crippen molar-refractivity contribution in [3.8, 4) is 0 Å². The number of carboxylic acid groups (broad SMARTS) is 1. The van der Waals surface area contributed by atoms with Crippen LogP contribution >= 0.6 is 0 Å². The Balaban J connectivity index is 2.44. The summed E-state index contributed by atoms with van der Waals surface area (Å²) in [6.07, 6.45) is 1.32. The molecule has 0 aromatic carbocycles. The predicted molar refractivity (Wildman–Crippen MR) is 53.2 cm³/mol. The van der Waals surface area contributed by atoms with Crippen molar-refractivity contribution in [3.05, 3.63) is 0 Å². The molecule has 0 aliphatic carbocycles. The van der Waals surface area contributed by atoms with E-state index in [0.29, 0.717) is 12.5 Å². The van der Waals surface area contributed by atoms with Crippen LogP contribution in [0.4, 0.5) is 0 Å². The van der Waals surface area contributed by atoms with Crippen LogP contribution in [-0.2, 0) is 9.53 Å².